The fourth-order valence-corrected chi connectivity index (χ4v) is 4.67. The second-order valence-corrected chi connectivity index (χ2v) is 7.92. The Bertz CT molecular complexity index is 623. The van der Waals surface area contributed by atoms with Crippen molar-refractivity contribution in [3.63, 3.8) is 0 Å². The van der Waals surface area contributed by atoms with Crippen LogP contribution < -0.4 is 5.32 Å². The molecule has 0 bridgehead atoms. The minimum atomic E-state index is -2.97. The second-order valence-electron chi connectivity index (χ2n) is 4.95. The van der Waals surface area contributed by atoms with Gasteiger partial charge in [0, 0.05) is 6.42 Å². The van der Waals surface area contributed by atoms with Gasteiger partial charge < -0.3 is 5.32 Å². The first-order valence-electron chi connectivity index (χ1n) is 6.10. The van der Waals surface area contributed by atoms with Gasteiger partial charge in [-0.25, -0.2) is 13.4 Å². The molecule has 5 nitrogen and oxygen atoms in total. The quantitative estimate of drug-likeness (QED) is 0.860. The average Bonchev–Trinajstić information content (AvgIpc) is 2.63. The predicted octanol–water partition coefficient (Wildman–Crippen LogP) is 2.46. The van der Waals surface area contributed by atoms with Crippen LogP contribution in [0.1, 0.15) is 18.4 Å². The summed E-state index contributed by atoms with van der Waals surface area (Å²) in [5, 5.41) is 3.06. The normalized spacial score (nSPS) is 20.9. The van der Waals surface area contributed by atoms with Crippen LogP contribution in [0.15, 0.2) is 6.07 Å². The zero-order chi connectivity index (χ0) is 14.9. The maximum Gasteiger partial charge on any atom is 0.224 e. The molecule has 1 aliphatic rings. The third kappa shape index (κ3) is 3.84. The van der Waals surface area contributed by atoms with Gasteiger partial charge in [-0.05, 0) is 30.9 Å². The van der Waals surface area contributed by atoms with E-state index < -0.39 is 9.84 Å². The zero-order valence-electron chi connectivity index (χ0n) is 10.8. The maximum atomic E-state index is 11.9. The van der Waals surface area contributed by atoms with Crippen molar-refractivity contribution in [2.45, 2.75) is 19.8 Å². The number of nitrogens with one attached hydrogen (secondary N) is 1. The molecule has 1 aromatic heterocycles. The molecule has 0 radical (unpaired) electrons. The molecule has 2 heterocycles. The maximum absolute atomic E-state index is 11.9. The molecule has 1 saturated heterocycles. The topological polar surface area (TPSA) is 76.1 Å². The van der Waals surface area contributed by atoms with E-state index in [0.29, 0.717) is 17.7 Å². The smallest absolute Gasteiger partial charge is 0.224 e. The highest BCUT2D eigenvalue weighted by molar-refractivity contribution is 7.91. The van der Waals surface area contributed by atoms with Gasteiger partial charge in [-0.1, -0.05) is 23.2 Å². The van der Waals surface area contributed by atoms with Crippen molar-refractivity contribution < 1.29 is 13.2 Å². The highest BCUT2D eigenvalue weighted by atomic mass is 35.5. The molecule has 1 unspecified atom stereocenters. The van der Waals surface area contributed by atoms with Crippen molar-refractivity contribution in [3.05, 3.63) is 21.9 Å². The largest absolute Gasteiger partial charge is 0.323 e. The van der Waals surface area contributed by atoms with Crippen LogP contribution >= 0.6 is 23.2 Å². The van der Waals surface area contributed by atoms with Crippen molar-refractivity contribution in [3.8, 4) is 0 Å². The Balaban J connectivity index is 2.02. The van der Waals surface area contributed by atoms with Gasteiger partial charge in [-0.15, -0.1) is 0 Å². The zero-order valence-corrected chi connectivity index (χ0v) is 13.1. The van der Waals surface area contributed by atoms with E-state index in [1.807, 2.05) is 0 Å². The summed E-state index contributed by atoms with van der Waals surface area (Å²) in [6.07, 6.45) is 0.693. The SMILES string of the molecule is Cc1cc(Cl)nc(Cl)c1NC(=O)CC1CCS(=O)(=O)C1. The van der Waals surface area contributed by atoms with E-state index in [0.717, 1.165) is 0 Å². The summed E-state index contributed by atoms with van der Waals surface area (Å²) in [4.78, 5) is 15.8. The molecule has 0 aliphatic carbocycles. The van der Waals surface area contributed by atoms with E-state index in [4.69, 9.17) is 23.2 Å². The number of rotatable bonds is 3. The summed E-state index contributed by atoms with van der Waals surface area (Å²) in [6.45, 7) is 1.76. The second kappa shape index (κ2) is 5.87. The first kappa shape index (κ1) is 15.5. The summed E-state index contributed by atoms with van der Waals surface area (Å²) in [7, 11) is -2.97. The lowest BCUT2D eigenvalue weighted by Gasteiger charge is -2.12. The lowest BCUT2D eigenvalue weighted by atomic mass is 10.0. The summed E-state index contributed by atoms with van der Waals surface area (Å²) in [6, 6.07) is 1.60. The molecule has 1 aliphatic heterocycles. The summed E-state index contributed by atoms with van der Waals surface area (Å²) >= 11 is 11.7. The molecule has 0 saturated carbocycles. The molecular weight excluding hydrogens is 323 g/mol. The van der Waals surface area contributed by atoms with Crippen molar-refractivity contribution in [2.75, 3.05) is 16.8 Å². The first-order chi connectivity index (χ1) is 9.27. The molecule has 0 aromatic carbocycles. The highest BCUT2D eigenvalue weighted by Crippen LogP contribution is 2.28. The molecule has 110 valence electrons. The van der Waals surface area contributed by atoms with Crippen molar-refractivity contribution in [1.29, 1.82) is 0 Å². The Labute approximate surface area is 127 Å². The monoisotopic (exact) mass is 336 g/mol. The molecule has 2 rings (SSSR count). The van der Waals surface area contributed by atoms with E-state index in [2.05, 4.69) is 10.3 Å². The van der Waals surface area contributed by atoms with Crippen LogP contribution in [0.25, 0.3) is 0 Å². The Hall–Kier alpha value is -0.850. The van der Waals surface area contributed by atoms with Crippen LogP contribution in [0.3, 0.4) is 0 Å². The number of aryl methyl sites for hydroxylation is 1. The van der Waals surface area contributed by atoms with Crippen LogP contribution in [0.5, 0.6) is 0 Å². The molecule has 1 fully saturated rings. The summed E-state index contributed by atoms with van der Waals surface area (Å²) < 4.78 is 22.7. The summed E-state index contributed by atoms with van der Waals surface area (Å²) in [5.41, 5.74) is 1.13. The van der Waals surface area contributed by atoms with E-state index in [1.165, 1.54) is 0 Å². The van der Waals surface area contributed by atoms with Crippen LogP contribution in [-0.4, -0.2) is 30.8 Å². The fraction of sp³-hybridized carbons (Fsp3) is 0.500. The molecule has 1 N–H and O–H groups in total. The number of halogens is 2. The highest BCUT2D eigenvalue weighted by Gasteiger charge is 2.29. The number of hydrogen-bond acceptors (Lipinski definition) is 4. The van der Waals surface area contributed by atoms with Gasteiger partial charge in [0.15, 0.2) is 15.0 Å². The van der Waals surface area contributed by atoms with E-state index in [1.54, 1.807) is 13.0 Å². The van der Waals surface area contributed by atoms with Crippen molar-refractivity contribution in [1.82, 2.24) is 4.98 Å². The number of aromatic nitrogens is 1. The molecule has 1 atom stereocenters. The number of carbonyl (C=O) groups is 1. The first-order valence-corrected chi connectivity index (χ1v) is 8.67. The van der Waals surface area contributed by atoms with Gasteiger partial charge in [0.05, 0.1) is 17.2 Å². The third-order valence-corrected chi connectivity index (χ3v) is 5.51. The number of carbonyl (C=O) groups excluding carboxylic acids is 1. The molecule has 0 spiro atoms. The fourth-order valence-electron chi connectivity index (χ4n) is 2.23. The van der Waals surface area contributed by atoms with Crippen molar-refractivity contribution in [2.24, 2.45) is 5.92 Å². The van der Waals surface area contributed by atoms with Crippen LogP contribution in [0.2, 0.25) is 10.3 Å². The summed E-state index contributed by atoms with van der Waals surface area (Å²) in [5.74, 6) is -0.153. The number of pyridine rings is 1. The number of hydrogen-bond donors (Lipinski definition) is 1. The van der Waals surface area contributed by atoms with E-state index >= 15 is 0 Å². The molecule has 1 aromatic rings. The lowest BCUT2D eigenvalue weighted by Crippen LogP contribution is -2.18. The molecule has 1 amide bonds. The number of anilines is 1. The molecular formula is C12H14Cl2N2O3S. The Morgan fingerprint density at radius 1 is 1.50 bits per heavy atom. The average molecular weight is 337 g/mol. The van der Waals surface area contributed by atoms with Gasteiger partial charge in [-0.3, -0.25) is 4.79 Å². The molecule has 20 heavy (non-hydrogen) atoms. The Kier molecular flexibility index (Phi) is 4.56. The van der Waals surface area contributed by atoms with Crippen LogP contribution in [-0.2, 0) is 14.6 Å². The molecule has 8 heteroatoms. The number of nitrogens with zero attached hydrogens (tertiary/aromatic N) is 1. The number of amides is 1. The van der Waals surface area contributed by atoms with Gasteiger partial charge in [-0.2, -0.15) is 0 Å². The van der Waals surface area contributed by atoms with Crippen LogP contribution in [0, 0.1) is 12.8 Å². The van der Waals surface area contributed by atoms with Gasteiger partial charge >= 0.3 is 0 Å². The Morgan fingerprint density at radius 3 is 2.75 bits per heavy atom. The van der Waals surface area contributed by atoms with E-state index in [9.17, 15) is 13.2 Å². The minimum Gasteiger partial charge on any atom is -0.323 e. The minimum absolute atomic E-state index is 0.0754. The standard InChI is InChI=1S/C12H14Cl2N2O3S/c1-7-4-9(13)15-12(14)11(7)16-10(17)5-8-2-3-20(18,19)6-8/h4,8H,2-3,5-6H2,1H3,(H,16,17). The van der Waals surface area contributed by atoms with Gasteiger partial charge in [0.25, 0.3) is 0 Å². The van der Waals surface area contributed by atoms with Gasteiger partial charge in [0.2, 0.25) is 5.91 Å². The van der Waals surface area contributed by atoms with E-state index in [-0.39, 0.29) is 40.1 Å². The number of sulfone groups is 1. The third-order valence-electron chi connectivity index (χ3n) is 3.21. The Morgan fingerprint density at radius 2 is 2.20 bits per heavy atom. The van der Waals surface area contributed by atoms with Crippen molar-refractivity contribution >= 4 is 44.6 Å². The van der Waals surface area contributed by atoms with Gasteiger partial charge in [0.1, 0.15) is 5.15 Å². The van der Waals surface area contributed by atoms with Crippen LogP contribution in [0.4, 0.5) is 5.69 Å². The lowest BCUT2D eigenvalue weighted by molar-refractivity contribution is -0.116. The predicted molar refractivity (Wildman–Crippen MR) is 79.0 cm³/mol.